The molecule has 3 amide bonds. The van der Waals surface area contributed by atoms with Crippen LogP contribution in [0.15, 0.2) is 30.3 Å². The summed E-state index contributed by atoms with van der Waals surface area (Å²) in [7, 11) is 0. The fraction of sp³-hybridized carbons (Fsp3) is 0.400. The molecule has 1 saturated heterocycles. The van der Waals surface area contributed by atoms with Crippen LogP contribution in [0.4, 0.5) is 0 Å². The number of imide groups is 1. The highest BCUT2D eigenvalue weighted by Crippen LogP contribution is 2.10. The molecule has 0 radical (unpaired) electrons. The quantitative estimate of drug-likeness (QED) is 0.752. The third-order valence-electron chi connectivity index (χ3n) is 3.61. The first-order valence-electron chi connectivity index (χ1n) is 6.92. The number of aryl methyl sites for hydroxylation is 1. The van der Waals surface area contributed by atoms with Crippen LogP contribution >= 0.6 is 0 Å². The van der Waals surface area contributed by atoms with Crippen molar-refractivity contribution < 1.29 is 14.4 Å². The average molecular weight is 289 g/mol. The lowest BCUT2D eigenvalue weighted by Crippen LogP contribution is -2.61. The minimum Gasteiger partial charge on any atom is -0.320 e. The van der Waals surface area contributed by atoms with Crippen LogP contribution in [0.5, 0.6) is 0 Å². The Hall–Kier alpha value is -2.21. The van der Waals surface area contributed by atoms with E-state index in [1.54, 1.807) is 6.92 Å². The number of amides is 3. The Labute approximate surface area is 123 Å². The molecule has 21 heavy (non-hydrogen) atoms. The second-order valence-corrected chi connectivity index (χ2v) is 5.19. The first-order valence-corrected chi connectivity index (χ1v) is 6.92. The Morgan fingerprint density at radius 2 is 2.05 bits per heavy atom. The molecule has 1 aliphatic heterocycles. The van der Waals surface area contributed by atoms with Crippen molar-refractivity contribution in [2.24, 2.45) is 5.73 Å². The zero-order valence-electron chi connectivity index (χ0n) is 11.9. The molecule has 0 bridgehead atoms. The summed E-state index contributed by atoms with van der Waals surface area (Å²) in [5.74, 6) is -1.29. The van der Waals surface area contributed by atoms with E-state index < -0.39 is 23.9 Å². The van der Waals surface area contributed by atoms with Crippen molar-refractivity contribution in [2.45, 2.75) is 31.8 Å². The van der Waals surface area contributed by atoms with Crippen LogP contribution in [0.3, 0.4) is 0 Å². The molecule has 2 unspecified atom stereocenters. The topological polar surface area (TPSA) is 92.5 Å². The third kappa shape index (κ3) is 3.66. The molecule has 1 aromatic carbocycles. The van der Waals surface area contributed by atoms with Crippen LogP contribution in [0.25, 0.3) is 0 Å². The Bertz CT molecular complexity index is 544. The van der Waals surface area contributed by atoms with Gasteiger partial charge in [0.2, 0.25) is 17.7 Å². The van der Waals surface area contributed by atoms with Gasteiger partial charge >= 0.3 is 0 Å². The molecular formula is C15H19N3O3. The molecule has 1 aliphatic rings. The number of carbonyl (C=O) groups excluding carboxylic acids is 3. The van der Waals surface area contributed by atoms with E-state index in [9.17, 15) is 14.4 Å². The first-order chi connectivity index (χ1) is 9.99. The lowest BCUT2D eigenvalue weighted by atomic mass is 10.0. The van der Waals surface area contributed by atoms with Crippen molar-refractivity contribution in [1.82, 2.24) is 10.2 Å². The largest absolute Gasteiger partial charge is 0.320 e. The summed E-state index contributed by atoms with van der Waals surface area (Å²) in [5.41, 5.74) is 7.01. The highest BCUT2D eigenvalue weighted by Gasteiger charge is 2.35. The van der Waals surface area contributed by atoms with Crippen molar-refractivity contribution in [3.8, 4) is 0 Å². The van der Waals surface area contributed by atoms with Gasteiger partial charge in [-0.2, -0.15) is 0 Å². The van der Waals surface area contributed by atoms with E-state index in [4.69, 9.17) is 5.73 Å². The van der Waals surface area contributed by atoms with Gasteiger partial charge in [-0.15, -0.1) is 0 Å². The summed E-state index contributed by atoms with van der Waals surface area (Å²) in [6.07, 6.45) is 1.15. The summed E-state index contributed by atoms with van der Waals surface area (Å²) in [6.45, 7) is 1.47. The van der Waals surface area contributed by atoms with Gasteiger partial charge in [-0.1, -0.05) is 30.3 Å². The Kier molecular flexibility index (Phi) is 4.70. The van der Waals surface area contributed by atoms with E-state index >= 15 is 0 Å². The third-order valence-corrected chi connectivity index (χ3v) is 3.61. The zero-order chi connectivity index (χ0) is 15.4. The Morgan fingerprint density at radius 1 is 1.38 bits per heavy atom. The molecule has 1 fully saturated rings. The molecule has 6 nitrogen and oxygen atoms in total. The summed E-state index contributed by atoms with van der Waals surface area (Å²) in [4.78, 5) is 36.5. The Morgan fingerprint density at radius 3 is 2.71 bits per heavy atom. The maximum atomic E-state index is 12.3. The summed E-state index contributed by atoms with van der Waals surface area (Å²) >= 11 is 0. The van der Waals surface area contributed by atoms with Gasteiger partial charge in [0, 0.05) is 0 Å². The van der Waals surface area contributed by atoms with E-state index in [0.717, 1.165) is 5.56 Å². The Balaban J connectivity index is 1.95. The zero-order valence-corrected chi connectivity index (χ0v) is 11.9. The molecular weight excluding hydrogens is 270 g/mol. The average Bonchev–Trinajstić information content (AvgIpc) is 2.48. The number of hydrogen-bond donors (Lipinski definition) is 2. The molecule has 0 aliphatic carbocycles. The van der Waals surface area contributed by atoms with Crippen molar-refractivity contribution in [3.63, 3.8) is 0 Å². The van der Waals surface area contributed by atoms with E-state index in [1.807, 2.05) is 30.3 Å². The number of nitrogens with two attached hydrogens (primary N) is 1. The molecule has 2 rings (SSSR count). The molecule has 112 valence electrons. The maximum absolute atomic E-state index is 12.3. The fourth-order valence-corrected chi connectivity index (χ4v) is 2.29. The first kappa shape index (κ1) is 15.2. The van der Waals surface area contributed by atoms with Gasteiger partial charge in [-0.05, 0) is 25.3 Å². The molecule has 0 aromatic heterocycles. The number of carbonyl (C=O) groups is 3. The predicted molar refractivity (Wildman–Crippen MR) is 77.1 cm³/mol. The molecule has 6 heteroatoms. The van der Waals surface area contributed by atoms with Gasteiger partial charge in [0.25, 0.3) is 0 Å². The SMILES string of the molecule is CC1C(=O)NC(=O)CN1C(=O)C(N)CCc1ccccc1. The molecule has 0 saturated carbocycles. The highest BCUT2D eigenvalue weighted by atomic mass is 16.2. The van der Waals surface area contributed by atoms with Crippen molar-refractivity contribution in [2.75, 3.05) is 6.54 Å². The van der Waals surface area contributed by atoms with E-state index in [0.29, 0.717) is 12.8 Å². The van der Waals surface area contributed by atoms with Crippen LogP contribution in [0.2, 0.25) is 0 Å². The van der Waals surface area contributed by atoms with Crippen LogP contribution in [-0.4, -0.2) is 41.2 Å². The lowest BCUT2D eigenvalue weighted by Gasteiger charge is -2.33. The van der Waals surface area contributed by atoms with Crippen LogP contribution in [0.1, 0.15) is 18.9 Å². The molecule has 3 N–H and O–H groups in total. The number of piperazine rings is 1. The van der Waals surface area contributed by atoms with Crippen LogP contribution in [-0.2, 0) is 20.8 Å². The molecule has 1 heterocycles. The minimum atomic E-state index is -0.716. The minimum absolute atomic E-state index is 0.120. The van der Waals surface area contributed by atoms with Crippen LogP contribution < -0.4 is 11.1 Å². The number of nitrogens with zero attached hydrogens (tertiary/aromatic N) is 1. The van der Waals surface area contributed by atoms with E-state index in [-0.39, 0.29) is 12.5 Å². The smallest absolute Gasteiger partial charge is 0.249 e. The summed E-state index contributed by atoms with van der Waals surface area (Å²) in [6, 6.07) is 8.34. The molecule has 1 aromatic rings. The number of benzene rings is 1. The van der Waals surface area contributed by atoms with E-state index in [1.165, 1.54) is 4.90 Å². The van der Waals surface area contributed by atoms with Gasteiger partial charge in [-0.3, -0.25) is 19.7 Å². The fourth-order valence-electron chi connectivity index (χ4n) is 2.29. The van der Waals surface area contributed by atoms with Gasteiger partial charge in [0.05, 0.1) is 6.04 Å². The van der Waals surface area contributed by atoms with Crippen molar-refractivity contribution in [3.05, 3.63) is 35.9 Å². The van der Waals surface area contributed by atoms with Gasteiger partial charge in [0.1, 0.15) is 12.6 Å². The normalized spacial score (nSPS) is 20.1. The summed E-state index contributed by atoms with van der Waals surface area (Å²) < 4.78 is 0. The number of nitrogens with one attached hydrogen (secondary N) is 1. The standard InChI is InChI=1S/C15H19N3O3/c1-10-14(20)17-13(19)9-18(10)15(21)12(16)8-7-11-5-3-2-4-6-11/h2-6,10,12H,7-9,16H2,1H3,(H,17,19,20). The second-order valence-electron chi connectivity index (χ2n) is 5.19. The molecule has 2 atom stereocenters. The predicted octanol–water partition coefficient (Wildman–Crippen LogP) is -0.180. The maximum Gasteiger partial charge on any atom is 0.249 e. The van der Waals surface area contributed by atoms with Gasteiger partial charge < -0.3 is 10.6 Å². The highest BCUT2D eigenvalue weighted by molar-refractivity contribution is 6.04. The van der Waals surface area contributed by atoms with Gasteiger partial charge in [0.15, 0.2) is 0 Å². The van der Waals surface area contributed by atoms with Crippen molar-refractivity contribution in [1.29, 1.82) is 0 Å². The number of rotatable bonds is 4. The van der Waals surface area contributed by atoms with Crippen molar-refractivity contribution >= 4 is 17.7 Å². The number of hydrogen-bond acceptors (Lipinski definition) is 4. The van der Waals surface area contributed by atoms with Gasteiger partial charge in [-0.25, -0.2) is 0 Å². The molecule has 0 spiro atoms. The van der Waals surface area contributed by atoms with E-state index in [2.05, 4.69) is 5.32 Å². The second kappa shape index (κ2) is 6.49. The summed E-state index contributed by atoms with van der Waals surface area (Å²) in [5, 5.41) is 2.20. The monoisotopic (exact) mass is 289 g/mol. The van der Waals surface area contributed by atoms with Crippen LogP contribution in [0, 0.1) is 0 Å². The lowest BCUT2D eigenvalue weighted by molar-refractivity contribution is -0.150.